The Morgan fingerprint density at radius 3 is 2.44 bits per heavy atom. The van der Waals surface area contributed by atoms with Gasteiger partial charge in [-0.25, -0.2) is 8.42 Å². The van der Waals surface area contributed by atoms with E-state index in [4.69, 9.17) is 16.3 Å². The SMILES string of the molecule is CC(=O)OC1c2cc(Cl)ccc2N(S(=O)(=O)c2ccccc2)C1C(=O)c1cc(C)ccn1. The molecule has 9 heteroatoms. The second-order valence-electron chi connectivity index (χ2n) is 7.37. The van der Waals surface area contributed by atoms with Crippen molar-refractivity contribution >= 4 is 39.1 Å². The fraction of sp³-hybridized carbons (Fsp3) is 0.174. The lowest BCUT2D eigenvalue weighted by molar-refractivity contribution is -0.146. The minimum atomic E-state index is -4.20. The Balaban J connectivity index is 1.95. The Hall–Kier alpha value is -3.23. The summed E-state index contributed by atoms with van der Waals surface area (Å²) in [6.07, 6.45) is 0.285. The number of carbonyl (C=O) groups is 2. The number of hydrogen-bond acceptors (Lipinski definition) is 6. The normalized spacial score (nSPS) is 17.7. The van der Waals surface area contributed by atoms with Gasteiger partial charge in [0.2, 0.25) is 5.78 Å². The number of anilines is 1. The molecule has 3 aromatic rings. The molecule has 2 aromatic carbocycles. The predicted molar refractivity (Wildman–Crippen MR) is 119 cm³/mol. The zero-order valence-corrected chi connectivity index (χ0v) is 18.8. The maximum Gasteiger partial charge on any atom is 0.303 e. The van der Waals surface area contributed by atoms with E-state index in [1.54, 1.807) is 37.3 Å². The van der Waals surface area contributed by atoms with Crippen molar-refractivity contribution in [2.75, 3.05) is 4.31 Å². The molecule has 7 nitrogen and oxygen atoms in total. The minimum absolute atomic E-state index is 0.000577. The molecular formula is C23H19ClN2O5S. The number of pyridine rings is 1. The van der Waals surface area contributed by atoms with Crippen molar-refractivity contribution in [2.45, 2.75) is 30.9 Å². The maximum atomic E-state index is 13.7. The number of esters is 1. The number of hydrogen-bond donors (Lipinski definition) is 0. The van der Waals surface area contributed by atoms with Crippen LogP contribution in [0, 0.1) is 6.92 Å². The summed E-state index contributed by atoms with van der Waals surface area (Å²) in [5.74, 6) is -1.25. The van der Waals surface area contributed by atoms with Crippen LogP contribution in [0.25, 0.3) is 0 Å². The van der Waals surface area contributed by atoms with Crippen molar-refractivity contribution in [1.29, 1.82) is 0 Å². The molecule has 4 rings (SSSR count). The van der Waals surface area contributed by atoms with Crippen LogP contribution < -0.4 is 4.31 Å². The number of aromatic nitrogens is 1. The van der Waals surface area contributed by atoms with Crippen LogP contribution in [0.3, 0.4) is 0 Å². The quantitative estimate of drug-likeness (QED) is 0.411. The summed E-state index contributed by atoms with van der Waals surface area (Å²) < 4.78 is 33.9. The van der Waals surface area contributed by atoms with Gasteiger partial charge in [-0.2, -0.15) is 0 Å². The summed E-state index contributed by atoms with van der Waals surface area (Å²) >= 11 is 6.16. The van der Waals surface area contributed by atoms with Crippen molar-refractivity contribution in [3.8, 4) is 0 Å². The first-order chi connectivity index (χ1) is 15.2. The fourth-order valence-electron chi connectivity index (χ4n) is 3.76. The molecule has 2 unspecified atom stereocenters. The van der Waals surface area contributed by atoms with Crippen molar-refractivity contribution in [2.24, 2.45) is 0 Å². The Morgan fingerprint density at radius 1 is 1.06 bits per heavy atom. The molecule has 0 bridgehead atoms. The lowest BCUT2D eigenvalue weighted by atomic mass is 10.0. The van der Waals surface area contributed by atoms with E-state index in [1.807, 2.05) is 0 Å². The summed E-state index contributed by atoms with van der Waals surface area (Å²) in [5, 5.41) is 0.319. The Kier molecular flexibility index (Phi) is 5.75. The molecule has 0 aliphatic carbocycles. The van der Waals surface area contributed by atoms with Crippen molar-refractivity contribution in [3.05, 3.63) is 88.7 Å². The van der Waals surface area contributed by atoms with Crippen LogP contribution >= 0.6 is 11.6 Å². The van der Waals surface area contributed by atoms with Crippen LogP contribution in [-0.2, 0) is 19.6 Å². The standard InChI is InChI=1S/C23H19ClN2O5S/c1-14-10-11-25-19(12-14)22(28)21-23(31-15(2)27)18-13-16(24)8-9-20(18)26(21)32(29,30)17-6-4-3-5-7-17/h3-13,21,23H,1-2H3. The highest BCUT2D eigenvalue weighted by Gasteiger charge is 2.51. The van der Waals surface area contributed by atoms with Gasteiger partial charge in [0.05, 0.1) is 10.6 Å². The molecule has 1 aliphatic heterocycles. The molecule has 0 spiro atoms. The van der Waals surface area contributed by atoms with Crippen LogP contribution in [0.15, 0.2) is 71.8 Å². The van der Waals surface area contributed by atoms with E-state index in [9.17, 15) is 18.0 Å². The number of benzene rings is 2. The van der Waals surface area contributed by atoms with Gasteiger partial charge in [0.15, 0.2) is 12.1 Å². The van der Waals surface area contributed by atoms with Crippen LogP contribution in [0.4, 0.5) is 5.69 Å². The minimum Gasteiger partial charge on any atom is -0.455 e. The molecule has 0 radical (unpaired) electrons. The van der Waals surface area contributed by atoms with Gasteiger partial charge in [0.25, 0.3) is 10.0 Å². The number of sulfonamides is 1. The first-order valence-corrected chi connectivity index (χ1v) is 11.5. The van der Waals surface area contributed by atoms with Gasteiger partial charge in [-0.1, -0.05) is 29.8 Å². The van der Waals surface area contributed by atoms with E-state index in [1.165, 1.54) is 43.5 Å². The summed E-state index contributed by atoms with van der Waals surface area (Å²) in [4.78, 5) is 29.7. The summed E-state index contributed by atoms with van der Waals surface area (Å²) in [5.41, 5.74) is 1.40. The van der Waals surface area contributed by atoms with Gasteiger partial charge in [-0.15, -0.1) is 0 Å². The Bertz CT molecular complexity index is 1310. The number of nitrogens with zero attached hydrogens (tertiary/aromatic N) is 2. The lowest BCUT2D eigenvalue weighted by Gasteiger charge is -2.28. The maximum absolute atomic E-state index is 13.7. The van der Waals surface area contributed by atoms with Crippen LogP contribution in [0.2, 0.25) is 5.02 Å². The zero-order valence-electron chi connectivity index (χ0n) is 17.2. The average Bonchev–Trinajstić information content (AvgIpc) is 3.07. The molecule has 1 aromatic heterocycles. The van der Waals surface area contributed by atoms with Gasteiger partial charge in [-0.3, -0.25) is 18.9 Å². The molecule has 164 valence electrons. The predicted octanol–water partition coefficient (Wildman–Crippen LogP) is 4.11. The molecule has 1 aliphatic rings. The summed E-state index contributed by atoms with van der Waals surface area (Å²) in [7, 11) is -4.20. The average molecular weight is 471 g/mol. The van der Waals surface area contributed by atoms with Crippen LogP contribution in [0.1, 0.15) is 34.6 Å². The zero-order chi connectivity index (χ0) is 23.0. The molecule has 0 amide bonds. The fourth-order valence-corrected chi connectivity index (χ4v) is 5.59. The van der Waals surface area contributed by atoms with Crippen molar-refractivity contribution < 1.29 is 22.7 Å². The van der Waals surface area contributed by atoms with E-state index in [2.05, 4.69) is 4.98 Å². The molecular weight excluding hydrogens is 452 g/mol. The number of Topliss-reactive ketones (excluding diaryl/α,β-unsaturated/α-hetero) is 1. The highest BCUT2D eigenvalue weighted by molar-refractivity contribution is 7.93. The lowest BCUT2D eigenvalue weighted by Crippen LogP contribution is -2.45. The Labute approximate surface area is 190 Å². The summed E-state index contributed by atoms with van der Waals surface area (Å²) in [6, 6.07) is 14.2. The molecule has 0 saturated carbocycles. The van der Waals surface area contributed by atoms with Gasteiger partial charge < -0.3 is 4.74 Å². The van der Waals surface area contributed by atoms with Gasteiger partial charge in [0.1, 0.15) is 5.69 Å². The van der Waals surface area contributed by atoms with Gasteiger partial charge in [-0.05, 0) is 55.0 Å². The van der Waals surface area contributed by atoms with Crippen molar-refractivity contribution in [1.82, 2.24) is 4.98 Å². The van der Waals surface area contributed by atoms with Crippen LogP contribution in [-0.4, -0.2) is 31.2 Å². The molecule has 2 atom stereocenters. The van der Waals surface area contributed by atoms with Crippen LogP contribution in [0.5, 0.6) is 0 Å². The first-order valence-electron chi connectivity index (χ1n) is 9.73. The molecule has 0 saturated heterocycles. The monoisotopic (exact) mass is 470 g/mol. The highest BCUT2D eigenvalue weighted by Crippen LogP contribution is 2.46. The number of carbonyl (C=O) groups excluding carboxylic acids is 2. The third-order valence-corrected chi connectivity index (χ3v) is 7.15. The summed E-state index contributed by atoms with van der Waals surface area (Å²) in [6.45, 7) is 2.99. The second kappa shape index (κ2) is 8.37. The number of fused-ring (bicyclic) bond motifs is 1. The third-order valence-electron chi connectivity index (χ3n) is 5.10. The second-order valence-corrected chi connectivity index (χ2v) is 9.63. The van der Waals surface area contributed by atoms with E-state index in [0.717, 1.165) is 9.87 Å². The number of halogens is 1. The number of aryl methyl sites for hydroxylation is 1. The Morgan fingerprint density at radius 2 is 1.78 bits per heavy atom. The van der Waals surface area contributed by atoms with E-state index >= 15 is 0 Å². The molecule has 2 heterocycles. The van der Waals surface area contributed by atoms with Gasteiger partial charge >= 0.3 is 5.97 Å². The number of ketones is 1. The van der Waals surface area contributed by atoms with E-state index in [-0.39, 0.29) is 16.3 Å². The molecule has 0 N–H and O–H groups in total. The van der Waals surface area contributed by atoms with E-state index < -0.39 is 33.9 Å². The van der Waals surface area contributed by atoms with E-state index in [0.29, 0.717) is 10.6 Å². The number of rotatable bonds is 5. The van der Waals surface area contributed by atoms with Gasteiger partial charge in [0, 0.05) is 23.7 Å². The molecule has 0 fully saturated rings. The number of ether oxygens (including phenoxy) is 1. The first kappa shape index (κ1) is 22.0. The highest BCUT2D eigenvalue weighted by atomic mass is 35.5. The molecule has 32 heavy (non-hydrogen) atoms. The topological polar surface area (TPSA) is 93.6 Å². The largest absolute Gasteiger partial charge is 0.455 e. The van der Waals surface area contributed by atoms with Crippen molar-refractivity contribution in [3.63, 3.8) is 0 Å². The third kappa shape index (κ3) is 3.87. The smallest absolute Gasteiger partial charge is 0.303 e.